The standard InChI is InChI=1S/C21H16FN3O2/c1-21(2)15(11-3-4-12-10-23-25-16(12)7-11)9-18(27-21)19-14-6-5-13(22)8-17(14)24-20(19)26/h3-10,24,26H,1-2H3/b15-11+. The Kier molecular flexibility index (Phi) is 3.10. The fraction of sp³-hybridized carbons (Fsp3) is 0.143. The molecule has 0 atom stereocenters. The number of halogens is 1. The summed E-state index contributed by atoms with van der Waals surface area (Å²) in [6.07, 6.45) is 3.65. The average Bonchev–Trinajstić information content (AvgIpc) is 3.28. The van der Waals surface area contributed by atoms with Crippen molar-refractivity contribution in [3.63, 3.8) is 0 Å². The number of nitrogens with zero attached hydrogens (tertiary/aromatic N) is 2. The summed E-state index contributed by atoms with van der Waals surface area (Å²) in [5.74, 6) is 0.128. The van der Waals surface area contributed by atoms with Crippen LogP contribution >= 0.6 is 0 Å². The summed E-state index contributed by atoms with van der Waals surface area (Å²) in [6.45, 7) is 3.94. The zero-order valence-electron chi connectivity index (χ0n) is 14.7. The molecule has 0 spiro atoms. The first-order valence-electron chi connectivity index (χ1n) is 8.59. The van der Waals surface area contributed by atoms with Gasteiger partial charge in [-0.15, -0.1) is 0 Å². The van der Waals surface area contributed by atoms with Gasteiger partial charge >= 0.3 is 0 Å². The van der Waals surface area contributed by atoms with E-state index in [0.717, 1.165) is 21.7 Å². The molecular formula is C21H16FN3O2. The highest BCUT2D eigenvalue weighted by Gasteiger charge is 2.34. The number of aromatic hydroxyl groups is 1. The van der Waals surface area contributed by atoms with Crippen molar-refractivity contribution in [2.45, 2.75) is 19.4 Å². The van der Waals surface area contributed by atoms with Crippen LogP contribution in [0.2, 0.25) is 0 Å². The van der Waals surface area contributed by atoms with Gasteiger partial charge in [-0.2, -0.15) is 10.2 Å². The van der Waals surface area contributed by atoms with E-state index < -0.39 is 5.60 Å². The molecule has 134 valence electrons. The van der Waals surface area contributed by atoms with Crippen molar-refractivity contribution in [1.82, 2.24) is 4.98 Å². The van der Waals surface area contributed by atoms with E-state index >= 15 is 0 Å². The Labute approximate surface area is 153 Å². The van der Waals surface area contributed by atoms with Gasteiger partial charge in [0, 0.05) is 16.2 Å². The van der Waals surface area contributed by atoms with Crippen LogP contribution in [0.1, 0.15) is 19.4 Å². The highest BCUT2D eigenvalue weighted by molar-refractivity contribution is 5.97. The van der Waals surface area contributed by atoms with Gasteiger partial charge in [-0.05, 0) is 49.4 Å². The molecule has 0 unspecified atom stereocenters. The molecule has 1 aromatic heterocycles. The number of nitrogens with one attached hydrogen (secondary N) is 1. The largest absolute Gasteiger partial charge is 0.494 e. The molecule has 2 aliphatic rings. The van der Waals surface area contributed by atoms with Gasteiger partial charge < -0.3 is 14.8 Å². The molecule has 0 saturated heterocycles. The number of rotatable bonds is 1. The van der Waals surface area contributed by atoms with Crippen molar-refractivity contribution in [2.24, 2.45) is 10.2 Å². The van der Waals surface area contributed by atoms with Gasteiger partial charge in [0.05, 0.1) is 23.0 Å². The smallest absolute Gasteiger partial charge is 0.200 e. The van der Waals surface area contributed by atoms with Gasteiger partial charge in [0.15, 0.2) is 0 Å². The minimum atomic E-state index is -0.598. The zero-order valence-corrected chi connectivity index (χ0v) is 14.7. The highest BCUT2D eigenvalue weighted by Crippen LogP contribution is 2.43. The summed E-state index contributed by atoms with van der Waals surface area (Å²) < 4.78 is 19.7. The number of ether oxygens (including phenoxy) is 1. The number of fused-ring (bicyclic) bond motifs is 2. The summed E-state index contributed by atoms with van der Waals surface area (Å²) >= 11 is 0. The molecule has 2 aliphatic heterocycles. The summed E-state index contributed by atoms with van der Waals surface area (Å²) in [5.41, 5.74) is 2.24. The molecule has 0 saturated carbocycles. The second-order valence-corrected chi connectivity index (χ2v) is 7.19. The maximum atomic E-state index is 13.5. The van der Waals surface area contributed by atoms with Gasteiger partial charge in [-0.1, -0.05) is 12.1 Å². The van der Waals surface area contributed by atoms with Crippen molar-refractivity contribution in [1.29, 1.82) is 0 Å². The third kappa shape index (κ3) is 2.37. The maximum absolute atomic E-state index is 13.5. The fourth-order valence-electron chi connectivity index (χ4n) is 3.68. The lowest BCUT2D eigenvalue weighted by Crippen LogP contribution is -2.25. The normalized spacial score (nSPS) is 19.0. The van der Waals surface area contributed by atoms with Crippen LogP contribution in [0.25, 0.3) is 28.4 Å². The van der Waals surface area contributed by atoms with Crippen molar-refractivity contribution in [2.75, 3.05) is 0 Å². The Morgan fingerprint density at radius 3 is 2.85 bits per heavy atom. The van der Waals surface area contributed by atoms with Crippen LogP contribution in [-0.2, 0) is 4.74 Å². The van der Waals surface area contributed by atoms with Gasteiger partial charge in [0.2, 0.25) is 5.88 Å². The SMILES string of the molecule is CC1(C)OC(c2c(O)[nH]c3cc(F)ccc23)=C/C1=c1/ccc2c(c1)N=NC=2. The summed E-state index contributed by atoms with van der Waals surface area (Å²) in [5, 5.41) is 21.1. The highest BCUT2D eigenvalue weighted by atomic mass is 19.1. The zero-order chi connectivity index (χ0) is 18.8. The lowest BCUT2D eigenvalue weighted by Gasteiger charge is -2.22. The molecule has 3 aromatic rings. The Hall–Kier alpha value is -3.41. The Balaban J connectivity index is 1.73. The summed E-state index contributed by atoms with van der Waals surface area (Å²) in [4.78, 5) is 2.81. The van der Waals surface area contributed by atoms with Gasteiger partial charge in [-0.25, -0.2) is 4.39 Å². The van der Waals surface area contributed by atoms with E-state index in [9.17, 15) is 9.50 Å². The first kappa shape index (κ1) is 15.8. The van der Waals surface area contributed by atoms with Crippen LogP contribution < -0.4 is 10.4 Å². The second kappa shape index (κ2) is 5.30. The molecule has 0 aliphatic carbocycles. The molecule has 3 heterocycles. The monoisotopic (exact) mass is 361 g/mol. The number of benzene rings is 2. The van der Waals surface area contributed by atoms with E-state index in [0.29, 0.717) is 22.2 Å². The molecule has 5 rings (SSSR count). The van der Waals surface area contributed by atoms with Gasteiger partial charge in [0.25, 0.3) is 0 Å². The number of H-pyrrole nitrogens is 1. The first-order valence-corrected chi connectivity index (χ1v) is 8.59. The van der Waals surface area contributed by atoms with Crippen molar-refractivity contribution in [3.8, 4) is 5.88 Å². The third-order valence-corrected chi connectivity index (χ3v) is 4.98. The minimum absolute atomic E-state index is 0.0451. The molecule has 0 radical (unpaired) electrons. The molecule has 0 bridgehead atoms. The van der Waals surface area contributed by atoms with Crippen LogP contribution in [0.3, 0.4) is 0 Å². The number of hydrogen-bond donors (Lipinski definition) is 2. The Morgan fingerprint density at radius 2 is 2.00 bits per heavy atom. The van der Waals surface area contributed by atoms with E-state index in [1.807, 2.05) is 38.1 Å². The van der Waals surface area contributed by atoms with E-state index in [4.69, 9.17) is 4.74 Å². The molecule has 0 amide bonds. The number of aromatic nitrogens is 1. The van der Waals surface area contributed by atoms with E-state index in [1.54, 1.807) is 12.3 Å². The second-order valence-electron chi connectivity index (χ2n) is 7.19. The number of azo groups is 1. The van der Waals surface area contributed by atoms with Crippen LogP contribution in [0, 0.1) is 5.82 Å². The fourth-order valence-corrected chi connectivity index (χ4v) is 3.68. The maximum Gasteiger partial charge on any atom is 0.200 e. The topological polar surface area (TPSA) is 70.0 Å². The predicted octanol–water partition coefficient (Wildman–Crippen LogP) is 3.85. The third-order valence-electron chi connectivity index (χ3n) is 4.98. The van der Waals surface area contributed by atoms with Crippen LogP contribution in [0.15, 0.2) is 52.7 Å². The number of hydrogen-bond acceptors (Lipinski definition) is 4. The molecule has 0 fully saturated rings. The molecule has 2 N–H and O–H groups in total. The Morgan fingerprint density at radius 1 is 1.15 bits per heavy atom. The molecule has 27 heavy (non-hydrogen) atoms. The van der Waals surface area contributed by atoms with Gasteiger partial charge in [0.1, 0.15) is 17.2 Å². The van der Waals surface area contributed by atoms with E-state index in [2.05, 4.69) is 15.2 Å². The molecule has 2 aromatic carbocycles. The first-order chi connectivity index (χ1) is 12.9. The van der Waals surface area contributed by atoms with Crippen molar-refractivity contribution >= 4 is 34.1 Å². The van der Waals surface area contributed by atoms with Crippen LogP contribution in [-0.4, -0.2) is 15.7 Å². The lowest BCUT2D eigenvalue weighted by molar-refractivity contribution is 0.149. The quantitative estimate of drug-likeness (QED) is 0.691. The van der Waals surface area contributed by atoms with Crippen molar-refractivity contribution in [3.05, 3.63) is 64.3 Å². The minimum Gasteiger partial charge on any atom is -0.494 e. The van der Waals surface area contributed by atoms with E-state index in [1.165, 1.54) is 12.1 Å². The molecule has 6 heteroatoms. The van der Waals surface area contributed by atoms with Crippen molar-refractivity contribution < 1.29 is 14.2 Å². The average molecular weight is 361 g/mol. The number of aromatic amines is 1. The van der Waals surface area contributed by atoms with Gasteiger partial charge in [-0.3, -0.25) is 0 Å². The lowest BCUT2D eigenvalue weighted by atomic mass is 9.96. The van der Waals surface area contributed by atoms with Crippen LogP contribution in [0.4, 0.5) is 10.1 Å². The summed E-state index contributed by atoms with van der Waals surface area (Å²) in [7, 11) is 0. The Bertz CT molecular complexity index is 1300. The van der Waals surface area contributed by atoms with E-state index in [-0.39, 0.29) is 11.7 Å². The van der Waals surface area contributed by atoms with Crippen LogP contribution in [0.5, 0.6) is 5.88 Å². The molecule has 5 nitrogen and oxygen atoms in total. The summed E-state index contributed by atoms with van der Waals surface area (Å²) in [6, 6.07) is 10.3. The predicted molar refractivity (Wildman–Crippen MR) is 101 cm³/mol. The molecular weight excluding hydrogens is 345 g/mol.